The number of aromatic nitrogens is 2. The molecule has 1 aromatic heterocycles. The minimum atomic E-state index is -2.86. The highest BCUT2D eigenvalue weighted by atomic mass is 35.5. The standard InChI is InChI=1S/C24H21ClF2N4O3/c25-16-9-7-13(8-10-16)21(32)28-18-3-1-2-4-19(18)31-12-15-6-5-14(11-17(15)24(31)33)22-29-30-23(34-22)20(26)27/h5-11,18-20H,1-4,12H2,(H,28,32)/t18-,19?/m1/s1. The van der Waals surface area contributed by atoms with Crippen LogP contribution in [-0.4, -0.2) is 39.0 Å². The zero-order chi connectivity index (χ0) is 23.8. The number of benzene rings is 2. The molecular weight excluding hydrogens is 466 g/mol. The molecule has 3 aromatic rings. The highest BCUT2D eigenvalue weighted by Crippen LogP contribution is 2.34. The summed E-state index contributed by atoms with van der Waals surface area (Å²) in [4.78, 5) is 27.9. The van der Waals surface area contributed by atoms with E-state index >= 15 is 0 Å². The van der Waals surface area contributed by atoms with E-state index < -0.39 is 12.3 Å². The largest absolute Gasteiger partial charge is 0.415 e. The van der Waals surface area contributed by atoms with Gasteiger partial charge in [-0.25, -0.2) is 0 Å². The van der Waals surface area contributed by atoms with Gasteiger partial charge in [-0.3, -0.25) is 9.59 Å². The van der Waals surface area contributed by atoms with E-state index in [1.807, 2.05) is 0 Å². The summed E-state index contributed by atoms with van der Waals surface area (Å²) in [5.74, 6) is -1.19. The molecule has 34 heavy (non-hydrogen) atoms. The Morgan fingerprint density at radius 3 is 2.62 bits per heavy atom. The Balaban J connectivity index is 1.35. The maximum absolute atomic E-state index is 13.3. The van der Waals surface area contributed by atoms with Gasteiger partial charge in [0.25, 0.3) is 17.7 Å². The molecule has 2 heterocycles. The van der Waals surface area contributed by atoms with Crippen molar-refractivity contribution in [2.45, 2.75) is 50.7 Å². The van der Waals surface area contributed by atoms with E-state index in [-0.39, 0.29) is 29.8 Å². The Morgan fingerprint density at radius 2 is 1.88 bits per heavy atom. The molecule has 0 spiro atoms. The molecule has 10 heteroatoms. The maximum atomic E-state index is 13.3. The molecule has 2 atom stereocenters. The summed E-state index contributed by atoms with van der Waals surface area (Å²) >= 11 is 5.92. The molecule has 176 valence electrons. The lowest BCUT2D eigenvalue weighted by Gasteiger charge is -2.38. The second kappa shape index (κ2) is 9.13. The number of amides is 2. The maximum Gasteiger partial charge on any atom is 0.314 e. The second-order valence-corrected chi connectivity index (χ2v) is 8.93. The van der Waals surface area contributed by atoms with Gasteiger partial charge in [0.1, 0.15) is 0 Å². The van der Waals surface area contributed by atoms with E-state index in [0.29, 0.717) is 28.3 Å². The van der Waals surface area contributed by atoms with Crippen molar-refractivity contribution in [3.05, 3.63) is 70.1 Å². The van der Waals surface area contributed by atoms with Crippen LogP contribution < -0.4 is 5.32 Å². The van der Waals surface area contributed by atoms with Crippen molar-refractivity contribution < 1.29 is 22.8 Å². The molecular formula is C24H21ClF2N4O3. The molecule has 1 fully saturated rings. The number of nitrogens with zero attached hydrogens (tertiary/aromatic N) is 3. The van der Waals surface area contributed by atoms with Crippen molar-refractivity contribution in [3.8, 4) is 11.5 Å². The summed E-state index contributed by atoms with van der Waals surface area (Å²) in [5, 5.41) is 10.7. The molecule has 7 nitrogen and oxygen atoms in total. The lowest BCUT2D eigenvalue weighted by molar-refractivity contribution is 0.0582. The van der Waals surface area contributed by atoms with Gasteiger partial charge in [-0.2, -0.15) is 8.78 Å². The average molecular weight is 487 g/mol. The van der Waals surface area contributed by atoms with Crippen molar-refractivity contribution in [1.29, 1.82) is 0 Å². The Morgan fingerprint density at radius 1 is 1.12 bits per heavy atom. The third kappa shape index (κ3) is 4.27. The minimum absolute atomic E-state index is 0.0601. The fourth-order valence-electron chi connectivity index (χ4n) is 4.67. The Hall–Kier alpha value is -3.33. The molecule has 1 aliphatic heterocycles. The Bertz CT molecular complexity index is 1230. The van der Waals surface area contributed by atoms with Gasteiger partial charge in [0, 0.05) is 34.3 Å². The fourth-order valence-corrected chi connectivity index (χ4v) is 4.80. The first-order chi connectivity index (χ1) is 16.4. The summed E-state index contributed by atoms with van der Waals surface area (Å²) in [6.07, 6.45) is 0.610. The molecule has 0 saturated heterocycles. The van der Waals surface area contributed by atoms with E-state index in [1.165, 1.54) is 0 Å². The number of nitrogens with one attached hydrogen (secondary N) is 1. The van der Waals surface area contributed by atoms with Gasteiger partial charge < -0.3 is 14.6 Å². The number of carbonyl (C=O) groups excluding carboxylic acids is 2. The molecule has 0 bridgehead atoms. The Kier molecular flexibility index (Phi) is 6.03. The molecule has 1 saturated carbocycles. The number of rotatable bonds is 5. The quantitative estimate of drug-likeness (QED) is 0.546. The van der Waals surface area contributed by atoms with Crippen LogP contribution in [0.15, 0.2) is 46.9 Å². The van der Waals surface area contributed by atoms with Gasteiger partial charge in [-0.15, -0.1) is 10.2 Å². The van der Waals surface area contributed by atoms with Crippen molar-refractivity contribution in [1.82, 2.24) is 20.4 Å². The molecule has 2 amide bonds. The number of alkyl halides is 2. The summed E-state index contributed by atoms with van der Waals surface area (Å²) in [5.41, 5.74) is 2.22. The SMILES string of the molecule is O=C(N[C@@H]1CCCCC1N1Cc2ccc(-c3nnc(C(F)F)o3)cc2C1=O)c1ccc(Cl)cc1. The van der Waals surface area contributed by atoms with Crippen LogP contribution in [0.2, 0.25) is 5.02 Å². The summed E-state index contributed by atoms with van der Waals surface area (Å²) in [7, 11) is 0. The number of halogens is 3. The summed E-state index contributed by atoms with van der Waals surface area (Å²) in [6, 6.07) is 11.4. The van der Waals surface area contributed by atoms with Gasteiger partial charge in [-0.05, 0) is 54.8 Å². The van der Waals surface area contributed by atoms with Gasteiger partial charge in [0.05, 0.1) is 6.04 Å². The third-order valence-corrected chi connectivity index (χ3v) is 6.62. The fraction of sp³-hybridized carbons (Fsp3) is 0.333. The summed E-state index contributed by atoms with van der Waals surface area (Å²) in [6.45, 7) is 0.415. The molecule has 0 radical (unpaired) electrons. The lowest BCUT2D eigenvalue weighted by atomic mass is 9.89. The van der Waals surface area contributed by atoms with Crippen LogP contribution in [0.3, 0.4) is 0 Å². The van der Waals surface area contributed by atoms with E-state index in [2.05, 4.69) is 15.5 Å². The van der Waals surface area contributed by atoms with E-state index in [1.54, 1.807) is 47.4 Å². The normalized spacial score (nSPS) is 20.0. The van der Waals surface area contributed by atoms with Crippen LogP contribution in [-0.2, 0) is 6.54 Å². The third-order valence-electron chi connectivity index (χ3n) is 6.37. The predicted octanol–water partition coefficient (Wildman–Crippen LogP) is 5.02. The van der Waals surface area contributed by atoms with E-state index in [4.69, 9.17) is 16.0 Å². The van der Waals surface area contributed by atoms with Crippen LogP contribution in [0.4, 0.5) is 8.78 Å². The van der Waals surface area contributed by atoms with Crippen LogP contribution in [0.5, 0.6) is 0 Å². The smallest absolute Gasteiger partial charge is 0.314 e. The van der Waals surface area contributed by atoms with Gasteiger partial charge in [-0.1, -0.05) is 30.5 Å². The topological polar surface area (TPSA) is 88.3 Å². The molecule has 2 aromatic carbocycles. The van der Waals surface area contributed by atoms with Crippen LogP contribution >= 0.6 is 11.6 Å². The van der Waals surface area contributed by atoms with Crippen LogP contribution in [0.1, 0.15) is 64.3 Å². The molecule has 2 aliphatic rings. The van der Waals surface area contributed by atoms with E-state index in [9.17, 15) is 18.4 Å². The zero-order valence-electron chi connectivity index (χ0n) is 18.0. The lowest BCUT2D eigenvalue weighted by Crippen LogP contribution is -2.53. The van der Waals surface area contributed by atoms with E-state index in [0.717, 1.165) is 31.2 Å². The Labute approximate surface area is 199 Å². The first kappa shape index (κ1) is 22.5. The highest BCUT2D eigenvalue weighted by Gasteiger charge is 2.39. The summed E-state index contributed by atoms with van der Waals surface area (Å²) < 4.78 is 30.6. The molecule has 5 rings (SSSR count). The van der Waals surface area contributed by atoms with Crippen molar-refractivity contribution >= 4 is 23.4 Å². The first-order valence-electron chi connectivity index (χ1n) is 11.0. The number of fused-ring (bicyclic) bond motifs is 1. The van der Waals surface area contributed by atoms with Crippen LogP contribution in [0, 0.1) is 0 Å². The van der Waals surface area contributed by atoms with Gasteiger partial charge in [0.2, 0.25) is 5.89 Å². The number of hydrogen-bond donors (Lipinski definition) is 1. The number of hydrogen-bond acceptors (Lipinski definition) is 5. The van der Waals surface area contributed by atoms with Crippen LogP contribution in [0.25, 0.3) is 11.5 Å². The average Bonchev–Trinajstić information content (AvgIpc) is 3.45. The predicted molar refractivity (Wildman–Crippen MR) is 120 cm³/mol. The molecule has 1 unspecified atom stereocenters. The van der Waals surface area contributed by atoms with Crippen molar-refractivity contribution in [3.63, 3.8) is 0 Å². The minimum Gasteiger partial charge on any atom is -0.415 e. The highest BCUT2D eigenvalue weighted by molar-refractivity contribution is 6.30. The zero-order valence-corrected chi connectivity index (χ0v) is 18.8. The first-order valence-corrected chi connectivity index (χ1v) is 11.4. The molecule has 1 N–H and O–H groups in total. The number of carbonyl (C=O) groups is 2. The van der Waals surface area contributed by atoms with Crippen molar-refractivity contribution in [2.75, 3.05) is 0 Å². The second-order valence-electron chi connectivity index (χ2n) is 8.49. The monoisotopic (exact) mass is 486 g/mol. The van der Waals surface area contributed by atoms with Gasteiger partial charge in [0.15, 0.2) is 0 Å². The van der Waals surface area contributed by atoms with Gasteiger partial charge >= 0.3 is 6.43 Å². The molecule has 1 aliphatic carbocycles. The van der Waals surface area contributed by atoms with Crippen molar-refractivity contribution in [2.24, 2.45) is 0 Å².